The lowest BCUT2D eigenvalue weighted by atomic mass is 10.2. The van der Waals surface area contributed by atoms with Crippen molar-refractivity contribution in [3.8, 4) is 11.6 Å². The van der Waals surface area contributed by atoms with Crippen LogP contribution in [0, 0.1) is 0 Å². The Balaban J connectivity index is 1.30. The second kappa shape index (κ2) is 6.75. The lowest BCUT2D eigenvalue weighted by Crippen LogP contribution is -2.15. The third-order valence-electron chi connectivity index (χ3n) is 3.98. The maximum absolute atomic E-state index is 12.2. The lowest BCUT2D eigenvalue weighted by molar-refractivity contribution is -0.116. The van der Waals surface area contributed by atoms with Crippen LogP contribution in [-0.4, -0.2) is 25.8 Å². The van der Waals surface area contributed by atoms with E-state index in [-0.39, 0.29) is 5.91 Å². The SMILES string of the molecule is Cn1nc2c(c1NC(=O)CCCc1nc(-c3ccco3)no1)CSC2. The van der Waals surface area contributed by atoms with Gasteiger partial charge in [-0.25, -0.2) is 0 Å². The molecule has 0 unspecified atom stereocenters. The number of carbonyl (C=O) groups is 1. The number of hydrogen-bond acceptors (Lipinski definition) is 7. The van der Waals surface area contributed by atoms with Crippen molar-refractivity contribution in [2.75, 3.05) is 5.32 Å². The summed E-state index contributed by atoms with van der Waals surface area (Å²) in [6.45, 7) is 0. The van der Waals surface area contributed by atoms with Gasteiger partial charge in [0.15, 0.2) is 5.76 Å². The maximum Gasteiger partial charge on any atom is 0.238 e. The van der Waals surface area contributed by atoms with Gasteiger partial charge in [0.1, 0.15) is 5.82 Å². The number of rotatable bonds is 6. The predicted molar refractivity (Wildman–Crippen MR) is 91.8 cm³/mol. The molecule has 0 radical (unpaired) electrons. The van der Waals surface area contributed by atoms with E-state index in [0.29, 0.717) is 36.7 Å². The van der Waals surface area contributed by atoms with E-state index in [0.717, 1.165) is 28.6 Å². The van der Waals surface area contributed by atoms with Gasteiger partial charge in [0.25, 0.3) is 0 Å². The largest absolute Gasteiger partial charge is 0.461 e. The van der Waals surface area contributed by atoms with E-state index in [9.17, 15) is 4.79 Å². The first-order chi connectivity index (χ1) is 12.2. The highest BCUT2D eigenvalue weighted by atomic mass is 32.2. The van der Waals surface area contributed by atoms with Crippen molar-refractivity contribution >= 4 is 23.5 Å². The van der Waals surface area contributed by atoms with Crippen molar-refractivity contribution in [1.82, 2.24) is 19.9 Å². The maximum atomic E-state index is 12.2. The molecule has 1 aliphatic rings. The summed E-state index contributed by atoms with van der Waals surface area (Å²) < 4.78 is 12.2. The Kier molecular flexibility index (Phi) is 4.31. The monoisotopic (exact) mass is 359 g/mol. The molecule has 1 aliphatic heterocycles. The summed E-state index contributed by atoms with van der Waals surface area (Å²) in [5.41, 5.74) is 2.21. The summed E-state index contributed by atoms with van der Waals surface area (Å²) in [6.07, 6.45) is 3.11. The van der Waals surface area contributed by atoms with Crippen LogP contribution in [0.5, 0.6) is 0 Å². The van der Waals surface area contributed by atoms with Gasteiger partial charge in [-0.05, 0) is 18.6 Å². The molecule has 4 heterocycles. The average molecular weight is 359 g/mol. The van der Waals surface area contributed by atoms with Crippen LogP contribution in [0.25, 0.3) is 11.6 Å². The van der Waals surface area contributed by atoms with Crippen LogP contribution in [0.2, 0.25) is 0 Å². The normalized spacial score (nSPS) is 13.2. The van der Waals surface area contributed by atoms with Crippen LogP contribution in [0.4, 0.5) is 5.82 Å². The molecule has 0 aromatic carbocycles. The third kappa shape index (κ3) is 3.32. The predicted octanol–water partition coefficient (Wildman–Crippen LogP) is 2.77. The minimum atomic E-state index is -0.0338. The zero-order valence-electron chi connectivity index (χ0n) is 13.7. The van der Waals surface area contributed by atoms with E-state index >= 15 is 0 Å². The Bertz CT molecular complexity index is 884. The first kappa shape index (κ1) is 15.9. The molecule has 3 aromatic rings. The van der Waals surface area contributed by atoms with Crippen LogP contribution in [0.15, 0.2) is 27.3 Å². The number of amides is 1. The molecular weight excluding hydrogens is 342 g/mol. The van der Waals surface area contributed by atoms with E-state index < -0.39 is 0 Å². The van der Waals surface area contributed by atoms with Gasteiger partial charge in [-0.3, -0.25) is 9.48 Å². The standard InChI is InChI=1S/C16H17N5O3S/c1-21-16(10-8-25-9-11(10)19-21)17-13(22)5-2-6-14-18-15(20-24-14)12-4-3-7-23-12/h3-4,7H,2,5-6,8-9H2,1H3,(H,17,22). The van der Waals surface area contributed by atoms with Crippen molar-refractivity contribution in [1.29, 1.82) is 0 Å². The Morgan fingerprint density at radius 1 is 1.44 bits per heavy atom. The molecule has 0 spiro atoms. The minimum Gasteiger partial charge on any atom is -0.461 e. The van der Waals surface area contributed by atoms with Crippen molar-refractivity contribution in [3.63, 3.8) is 0 Å². The Morgan fingerprint density at radius 2 is 2.36 bits per heavy atom. The fourth-order valence-corrected chi connectivity index (χ4v) is 3.79. The second-order valence-electron chi connectivity index (χ2n) is 5.78. The van der Waals surface area contributed by atoms with E-state index in [1.807, 2.05) is 18.8 Å². The zero-order valence-corrected chi connectivity index (χ0v) is 14.5. The van der Waals surface area contributed by atoms with Gasteiger partial charge in [-0.1, -0.05) is 5.16 Å². The quantitative estimate of drug-likeness (QED) is 0.722. The average Bonchev–Trinajstić information content (AvgIpc) is 3.34. The molecule has 3 aromatic heterocycles. The van der Waals surface area contributed by atoms with E-state index in [1.165, 1.54) is 0 Å². The molecule has 1 N–H and O–H groups in total. The van der Waals surface area contributed by atoms with Gasteiger partial charge in [0.2, 0.25) is 17.6 Å². The molecule has 9 heteroatoms. The van der Waals surface area contributed by atoms with Crippen LogP contribution in [0.1, 0.15) is 30.0 Å². The van der Waals surface area contributed by atoms with Gasteiger partial charge < -0.3 is 14.3 Å². The summed E-state index contributed by atoms with van der Waals surface area (Å²) in [5, 5.41) is 11.3. The molecular formula is C16H17N5O3S. The summed E-state index contributed by atoms with van der Waals surface area (Å²) in [5.74, 6) is 4.07. The highest BCUT2D eigenvalue weighted by Crippen LogP contribution is 2.34. The van der Waals surface area contributed by atoms with Crippen molar-refractivity contribution < 1.29 is 13.7 Å². The summed E-state index contributed by atoms with van der Waals surface area (Å²) in [6, 6.07) is 3.54. The highest BCUT2D eigenvalue weighted by molar-refractivity contribution is 7.98. The Morgan fingerprint density at radius 3 is 3.20 bits per heavy atom. The number of hydrogen-bond donors (Lipinski definition) is 1. The molecule has 0 aliphatic carbocycles. The number of fused-ring (bicyclic) bond motifs is 1. The topological polar surface area (TPSA) is 99.0 Å². The van der Waals surface area contributed by atoms with Crippen molar-refractivity contribution in [2.45, 2.75) is 30.8 Å². The van der Waals surface area contributed by atoms with Crippen LogP contribution < -0.4 is 5.32 Å². The Labute approximate surface area is 148 Å². The molecule has 0 saturated carbocycles. The third-order valence-corrected chi connectivity index (χ3v) is 4.95. The molecule has 25 heavy (non-hydrogen) atoms. The van der Waals surface area contributed by atoms with Gasteiger partial charge in [0, 0.05) is 37.0 Å². The number of furan rings is 1. The highest BCUT2D eigenvalue weighted by Gasteiger charge is 2.22. The number of nitrogens with one attached hydrogen (secondary N) is 1. The van der Waals surface area contributed by atoms with Gasteiger partial charge >= 0.3 is 0 Å². The summed E-state index contributed by atoms with van der Waals surface area (Å²) >= 11 is 1.81. The number of nitrogens with zero attached hydrogens (tertiary/aromatic N) is 4. The van der Waals surface area contributed by atoms with Crippen LogP contribution >= 0.6 is 11.8 Å². The summed E-state index contributed by atoms with van der Waals surface area (Å²) in [4.78, 5) is 16.5. The molecule has 130 valence electrons. The first-order valence-electron chi connectivity index (χ1n) is 7.99. The van der Waals surface area contributed by atoms with Crippen molar-refractivity contribution in [2.24, 2.45) is 7.05 Å². The minimum absolute atomic E-state index is 0.0338. The smallest absolute Gasteiger partial charge is 0.238 e. The fourth-order valence-electron chi connectivity index (χ4n) is 2.75. The van der Waals surface area contributed by atoms with Gasteiger partial charge in [-0.2, -0.15) is 21.8 Å². The molecule has 4 rings (SSSR count). The summed E-state index contributed by atoms with van der Waals surface area (Å²) in [7, 11) is 1.85. The van der Waals surface area contributed by atoms with Gasteiger partial charge in [0.05, 0.1) is 12.0 Å². The molecule has 0 fully saturated rings. The molecule has 8 nitrogen and oxygen atoms in total. The van der Waals surface area contributed by atoms with Crippen LogP contribution in [0.3, 0.4) is 0 Å². The fraction of sp³-hybridized carbons (Fsp3) is 0.375. The number of anilines is 1. The van der Waals surface area contributed by atoms with Crippen molar-refractivity contribution in [3.05, 3.63) is 35.5 Å². The number of aromatic nitrogens is 4. The first-order valence-corrected chi connectivity index (χ1v) is 9.15. The Hall–Kier alpha value is -2.55. The second-order valence-corrected chi connectivity index (χ2v) is 6.77. The number of aryl methyl sites for hydroxylation is 2. The molecule has 0 atom stereocenters. The van der Waals surface area contributed by atoms with E-state index in [4.69, 9.17) is 8.94 Å². The van der Waals surface area contributed by atoms with Gasteiger partial charge in [-0.15, -0.1) is 0 Å². The lowest BCUT2D eigenvalue weighted by Gasteiger charge is -2.07. The molecule has 1 amide bonds. The molecule has 0 saturated heterocycles. The van der Waals surface area contributed by atoms with E-state index in [1.54, 1.807) is 23.1 Å². The number of thioether (sulfide) groups is 1. The number of carbonyl (C=O) groups excluding carboxylic acids is 1. The zero-order chi connectivity index (χ0) is 17.2. The molecule has 0 bridgehead atoms. The van der Waals surface area contributed by atoms with E-state index in [2.05, 4.69) is 20.6 Å². The van der Waals surface area contributed by atoms with Crippen LogP contribution in [-0.2, 0) is 29.8 Å².